The van der Waals surface area contributed by atoms with Crippen molar-refractivity contribution in [2.75, 3.05) is 0 Å². The van der Waals surface area contributed by atoms with E-state index in [9.17, 15) is 4.79 Å². The molecule has 3 nitrogen and oxygen atoms in total. The van der Waals surface area contributed by atoms with Crippen molar-refractivity contribution in [1.82, 2.24) is 9.97 Å². The van der Waals surface area contributed by atoms with Gasteiger partial charge in [-0.1, -0.05) is 5.92 Å². The summed E-state index contributed by atoms with van der Waals surface area (Å²) < 4.78 is 0. The summed E-state index contributed by atoms with van der Waals surface area (Å²) in [4.78, 5) is 16.9. The number of rotatable bonds is 0. The molecule has 0 spiro atoms. The highest BCUT2D eigenvalue weighted by atomic mass is 16.1. The fraction of sp³-hybridized carbons (Fsp3) is 0.143. The summed E-state index contributed by atoms with van der Waals surface area (Å²) in [5.74, 6) is 5.23. The van der Waals surface area contributed by atoms with Gasteiger partial charge < -0.3 is 4.98 Å². The van der Waals surface area contributed by atoms with Crippen LogP contribution in [0.3, 0.4) is 0 Å². The number of aromatic amines is 1. The Hall–Kier alpha value is -1.56. The van der Waals surface area contributed by atoms with Crippen molar-refractivity contribution < 1.29 is 0 Å². The van der Waals surface area contributed by atoms with E-state index in [1.165, 1.54) is 12.5 Å². The van der Waals surface area contributed by atoms with Gasteiger partial charge in [0.15, 0.2) is 0 Å². The van der Waals surface area contributed by atoms with Crippen molar-refractivity contribution in [3.63, 3.8) is 0 Å². The Bertz CT molecular complexity index is 329. The largest absolute Gasteiger partial charge is 0.312 e. The smallest absolute Gasteiger partial charge is 0.266 e. The maximum Gasteiger partial charge on any atom is 0.266 e. The summed E-state index contributed by atoms with van der Waals surface area (Å²) in [7, 11) is 0. The average Bonchev–Trinajstić information content (AvgIpc) is 1.94. The SMILES string of the molecule is CC#Cc1cnc[nH]c1=O. The first-order valence-electron chi connectivity index (χ1n) is 2.80. The molecule has 0 amide bonds. The van der Waals surface area contributed by atoms with Crippen LogP contribution in [0.5, 0.6) is 0 Å². The van der Waals surface area contributed by atoms with E-state index in [2.05, 4.69) is 21.8 Å². The van der Waals surface area contributed by atoms with Gasteiger partial charge in [-0.25, -0.2) is 4.98 Å². The van der Waals surface area contributed by atoms with Gasteiger partial charge in [0.2, 0.25) is 0 Å². The highest BCUT2D eigenvalue weighted by Crippen LogP contribution is 1.79. The van der Waals surface area contributed by atoms with Crippen molar-refractivity contribution in [3.8, 4) is 11.8 Å². The van der Waals surface area contributed by atoms with E-state index in [0.29, 0.717) is 5.56 Å². The lowest BCUT2D eigenvalue weighted by atomic mass is 10.3. The molecule has 10 heavy (non-hydrogen) atoms. The normalized spacial score (nSPS) is 8.10. The zero-order valence-corrected chi connectivity index (χ0v) is 5.51. The van der Waals surface area contributed by atoms with Gasteiger partial charge in [-0.3, -0.25) is 4.79 Å². The summed E-state index contributed by atoms with van der Waals surface area (Å²) >= 11 is 0. The minimum atomic E-state index is -0.190. The van der Waals surface area contributed by atoms with Crippen LogP contribution in [-0.2, 0) is 0 Å². The Morgan fingerprint density at radius 1 is 1.70 bits per heavy atom. The summed E-state index contributed by atoms with van der Waals surface area (Å²) in [6.45, 7) is 1.67. The molecule has 1 heterocycles. The molecule has 3 heteroatoms. The molecule has 1 N–H and O–H groups in total. The van der Waals surface area contributed by atoms with Gasteiger partial charge in [-0.15, -0.1) is 5.92 Å². The fourth-order valence-corrected chi connectivity index (χ4v) is 0.568. The van der Waals surface area contributed by atoms with Crippen molar-refractivity contribution in [1.29, 1.82) is 0 Å². The monoisotopic (exact) mass is 134 g/mol. The first-order chi connectivity index (χ1) is 4.84. The molecule has 0 fully saturated rings. The van der Waals surface area contributed by atoms with E-state index in [4.69, 9.17) is 0 Å². The summed E-state index contributed by atoms with van der Waals surface area (Å²) in [6.07, 6.45) is 2.78. The fourth-order valence-electron chi connectivity index (χ4n) is 0.568. The van der Waals surface area contributed by atoms with E-state index in [1.807, 2.05) is 0 Å². The molecule has 1 aromatic rings. The third-order valence-corrected chi connectivity index (χ3v) is 0.978. The van der Waals surface area contributed by atoms with Gasteiger partial charge in [-0.2, -0.15) is 0 Å². The second kappa shape index (κ2) is 2.83. The van der Waals surface area contributed by atoms with Crippen molar-refractivity contribution >= 4 is 0 Å². The molecule has 0 atom stereocenters. The predicted molar refractivity (Wildman–Crippen MR) is 37.4 cm³/mol. The van der Waals surface area contributed by atoms with Gasteiger partial charge in [0, 0.05) is 6.20 Å². The van der Waals surface area contributed by atoms with Crippen molar-refractivity contribution in [3.05, 3.63) is 28.4 Å². The molecule has 0 radical (unpaired) electrons. The number of hydrogen-bond donors (Lipinski definition) is 1. The second-order valence-corrected chi connectivity index (χ2v) is 1.67. The van der Waals surface area contributed by atoms with E-state index in [0.717, 1.165) is 0 Å². The van der Waals surface area contributed by atoms with E-state index >= 15 is 0 Å². The zero-order valence-electron chi connectivity index (χ0n) is 5.51. The third kappa shape index (κ3) is 1.23. The molecule has 0 aromatic carbocycles. The second-order valence-electron chi connectivity index (χ2n) is 1.67. The van der Waals surface area contributed by atoms with Gasteiger partial charge in [0.05, 0.1) is 6.33 Å². The number of H-pyrrole nitrogens is 1. The summed E-state index contributed by atoms with van der Waals surface area (Å²) in [5, 5.41) is 0. The Morgan fingerprint density at radius 3 is 3.10 bits per heavy atom. The number of hydrogen-bond acceptors (Lipinski definition) is 2. The van der Waals surface area contributed by atoms with Crippen LogP contribution in [0.25, 0.3) is 0 Å². The summed E-state index contributed by atoms with van der Waals surface area (Å²) in [5.41, 5.74) is 0.217. The average molecular weight is 134 g/mol. The van der Waals surface area contributed by atoms with Crippen molar-refractivity contribution in [2.24, 2.45) is 0 Å². The lowest BCUT2D eigenvalue weighted by Crippen LogP contribution is -2.08. The minimum absolute atomic E-state index is 0.190. The van der Waals surface area contributed by atoms with Gasteiger partial charge in [-0.05, 0) is 6.92 Å². The first-order valence-corrected chi connectivity index (χ1v) is 2.80. The Kier molecular flexibility index (Phi) is 1.86. The van der Waals surface area contributed by atoms with Crippen molar-refractivity contribution in [2.45, 2.75) is 6.92 Å². The number of nitrogens with zero attached hydrogens (tertiary/aromatic N) is 1. The Balaban J connectivity index is 3.25. The van der Waals surface area contributed by atoms with Crippen LogP contribution in [0.15, 0.2) is 17.3 Å². The molecule has 1 aromatic heterocycles. The molecule has 1 rings (SSSR count). The van der Waals surface area contributed by atoms with Gasteiger partial charge >= 0.3 is 0 Å². The minimum Gasteiger partial charge on any atom is -0.312 e. The molecule has 0 aliphatic carbocycles. The van der Waals surface area contributed by atoms with Crippen LogP contribution < -0.4 is 5.56 Å². The molecular weight excluding hydrogens is 128 g/mol. The zero-order chi connectivity index (χ0) is 7.40. The quantitative estimate of drug-likeness (QED) is 0.513. The first kappa shape index (κ1) is 6.56. The van der Waals surface area contributed by atoms with E-state index in [1.54, 1.807) is 6.92 Å². The van der Waals surface area contributed by atoms with E-state index < -0.39 is 0 Å². The van der Waals surface area contributed by atoms with Gasteiger partial charge in [0.1, 0.15) is 5.56 Å². The lowest BCUT2D eigenvalue weighted by Gasteiger charge is -1.83. The molecule has 0 aliphatic heterocycles. The van der Waals surface area contributed by atoms with Crippen LogP contribution >= 0.6 is 0 Å². The third-order valence-electron chi connectivity index (χ3n) is 0.978. The van der Waals surface area contributed by atoms with Gasteiger partial charge in [0.25, 0.3) is 5.56 Å². The highest BCUT2D eigenvalue weighted by Gasteiger charge is 1.89. The molecule has 0 unspecified atom stereocenters. The van der Waals surface area contributed by atoms with Crippen LogP contribution in [-0.4, -0.2) is 9.97 Å². The van der Waals surface area contributed by atoms with Crippen LogP contribution in [0, 0.1) is 11.8 Å². The predicted octanol–water partition coefficient (Wildman–Crippen LogP) is 0.141. The Morgan fingerprint density at radius 2 is 2.50 bits per heavy atom. The molecular formula is C7H6N2O. The molecule has 0 saturated carbocycles. The number of aromatic nitrogens is 2. The number of nitrogens with one attached hydrogen (secondary N) is 1. The van der Waals surface area contributed by atoms with Crippen LogP contribution in [0.4, 0.5) is 0 Å². The molecule has 0 aliphatic rings. The topological polar surface area (TPSA) is 45.8 Å². The lowest BCUT2D eigenvalue weighted by molar-refractivity contribution is 1.10. The molecule has 0 bridgehead atoms. The van der Waals surface area contributed by atoms with E-state index in [-0.39, 0.29) is 5.56 Å². The molecule has 50 valence electrons. The van der Waals surface area contributed by atoms with Crippen LogP contribution in [0.2, 0.25) is 0 Å². The highest BCUT2D eigenvalue weighted by molar-refractivity contribution is 5.28. The molecule has 0 saturated heterocycles. The maximum absolute atomic E-state index is 10.8. The maximum atomic E-state index is 10.8. The standard InChI is InChI=1S/C7H6N2O/c1-2-3-6-4-8-5-9-7(6)10/h4-5H,1H3,(H,8,9,10). The Labute approximate surface area is 58.1 Å². The van der Waals surface area contributed by atoms with Crippen LogP contribution in [0.1, 0.15) is 12.5 Å². The summed E-state index contributed by atoms with van der Waals surface area (Å²) in [6, 6.07) is 0.